The third-order valence-electron chi connectivity index (χ3n) is 4.97. The predicted octanol–water partition coefficient (Wildman–Crippen LogP) is 4.50. The van der Waals surface area contributed by atoms with Gasteiger partial charge in [0, 0.05) is 25.2 Å². The fourth-order valence-corrected chi connectivity index (χ4v) is 3.30. The van der Waals surface area contributed by atoms with Crippen molar-refractivity contribution >= 4 is 30.7 Å². The molecule has 5 nitrogen and oxygen atoms in total. The Morgan fingerprint density at radius 1 is 1.28 bits per heavy atom. The van der Waals surface area contributed by atoms with Crippen LogP contribution in [0.1, 0.15) is 31.7 Å². The summed E-state index contributed by atoms with van der Waals surface area (Å²) in [5.41, 5.74) is 0.904. The number of aromatic nitrogens is 1. The average molecular weight is 444 g/mol. The monoisotopic (exact) mass is 443 g/mol. The lowest BCUT2D eigenvalue weighted by molar-refractivity contribution is -0.122. The van der Waals surface area contributed by atoms with Crippen LogP contribution in [-0.4, -0.2) is 24.0 Å². The van der Waals surface area contributed by atoms with Crippen LogP contribution in [-0.2, 0) is 11.3 Å². The zero-order valence-electron chi connectivity index (χ0n) is 16.4. The van der Waals surface area contributed by atoms with Gasteiger partial charge in [0.05, 0.1) is 0 Å². The number of nitrogens with one attached hydrogen (secondary N) is 2. The topological polar surface area (TPSA) is 63.2 Å². The number of nitrogens with zero attached hydrogens (tertiary/aromatic N) is 1. The number of rotatable bonds is 7. The molecule has 1 aromatic heterocycles. The fraction of sp³-hybridized carbons (Fsp3) is 0.429. The number of pyridine rings is 1. The van der Waals surface area contributed by atoms with Crippen LogP contribution in [0.2, 0.25) is 0 Å². The normalized spacial score (nSPS) is 16.7. The molecule has 2 heterocycles. The lowest BCUT2D eigenvalue weighted by Crippen LogP contribution is -2.35. The molecule has 1 fully saturated rings. The third-order valence-corrected chi connectivity index (χ3v) is 4.97. The van der Waals surface area contributed by atoms with Crippen molar-refractivity contribution in [3.63, 3.8) is 0 Å². The molecular formula is C21H28Cl2FN3O2. The van der Waals surface area contributed by atoms with Crippen LogP contribution in [0.25, 0.3) is 0 Å². The molecule has 2 N–H and O–H groups in total. The Hall–Kier alpha value is -1.89. The van der Waals surface area contributed by atoms with Crippen LogP contribution in [0.4, 0.5) is 4.39 Å². The van der Waals surface area contributed by atoms with Crippen molar-refractivity contribution in [1.82, 2.24) is 15.6 Å². The largest absolute Gasteiger partial charge is 0.439 e. The van der Waals surface area contributed by atoms with Crippen molar-refractivity contribution in [3.8, 4) is 11.6 Å². The number of hydrogen-bond acceptors (Lipinski definition) is 4. The number of benzene rings is 1. The Bertz CT molecular complexity index is 739. The third kappa shape index (κ3) is 8.17. The quantitative estimate of drug-likeness (QED) is 0.660. The van der Waals surface area contributed by atoms with E-state index in [1.54, 1.807) is 24.4 Å². The highest BCUT2D eigenvalue weighted by atomic mass is 35.5. The molecule has 0 saturated carbocycles. The Labute approximate surface area is 183 Å². The van der Waals surface area contributed by atoms with E-state index in [0.717, 1.165) is 18.7 Å². The highest BCUT2D eigenvalue weighted by molar-refractivity contribution is 5.85. The molecule has 1 aromatic carbocycles. The molecule has 0 spiro atoms. The van der Waals surface area contributed by atoms with E-state index in [0.29, 0.717) is 36.4 Å². The van der Waals surface area contributed by atoms with E-state index in [1.807, 2.05) is 6.07 Å². The van der Waals surface area contributed by atoms with Crippen LogP contribution >= 0.6 is 24.8 Å². The van der Waals surface area contributed by atoms with Gasteiger partial charge in [0.1, 0.15) is 11.6 Å². The van der Waals surface area contributed by atoms with Crippen LogP contribution in [0, 0.1) is 17.7 Å². The van der Waals surface area contributed by atoms with Crippen molar-refractivity contribution in [3.05, 3.63) is 54.0 Å². The van der Waals surface area contributed by atoms with E-state index in [9.17, 15) is 9.18 Å². The molecule has 160 valence electrons. The summed E-state index contributed by atoms with van der Waals surface area (Å²) in [5, 5.41) is 6.36. The van der Waals surface area contributed by atoms with E-state index >= 15 is 0 Å². The van der Waals surface area contributed by atoms with E-state index in [1.165, 1.54) is 25.0 Å². The van der Waals surface area contributed by atoms with Gasteiger partial charge in [-0.2, -0.15) is 0 Å². The summed E-state index contributed by atoms with van der Waals surface area (Å²) >= 11 is 0. The first-order chi connectivity index (χ1) is 13.1. The summed E-state index contributed by atoms with van der Waals surface area (Å²) < 4.78 is 18.5. The minimum absolute atomic E-state index is 0. The molecule has 8 heteroatoms. The average Bonchev–Trinajstić information content (AvgIpc) is 2.70. The second kappa shape index (κ2) is 12.6. The number of ether oxygens (including phenoxy) is 1. The first-order valence-electron chi connectivity index (χ1n) is 9.46. The number of hydrogen-bond donors (Lipinski definition) is 2. The Morgan fingerprint density at radius 2 is 2.03 bits per heavy atom. The second-order valence-corrected chi connectivity index (χ2v) is 7.13. The van der Waals surface area contributed by atoms with Crippen molar-refractivity contribution < 1.29 is 13.9 Å². The zero-order chi connectivity index (χ0) is 19.1. The van der Waals surface area contributed by atoms with Crippen molar-refractivity contribution in [2.45, 2.75) is 32.7 Å². The predicted molar refractivity (Wildman–Crippen MR) is 116 cm³/mol. The lowest BCUT2D eigenvalue weighted by Gasteiger charge is -2.28. The van der Waals surface area contributed by atoms with Crippen LogP contribution < -0.4 is 15.4 Å². The molecule has 0 bridgehead atoms. The van der Waals surface area contributed by atoms with Gasteiger partial charge in [0.15, 0.2) is 0 Å². The molecule has 2 atom stereocenters. The van der Waals surface area contributed by atoms with E-state index in [-0.39, 0.29) is 36.5 Å². The van der Waals surface area contributed by atoms with E-state index in [2.05, 4.69) is 22.5 Å². The van der Waals surface area contributed by atoms with Crippen molar-refractivity contribution in [2.75, 3.05) is 13.1 Å². The molecular weight excluding hydrogens is 416 g/mol. The highest BCUT2D eigenvalue weighted by Gasteiger charge is 2.21. The first-order valence-corrected chi connectivity index (χ1v) is 9.46. The maximum absolute atomic E-state index is 12.9. The molecule has 29 heavy (non-hydrogen) atoms. The van der Waals surface area contributed by atoms with Gasteiger partial charge in [-0.25, -0.2) is 9.37 Å². The Morgan fingerprint density at radius 3 is 2.66 bits per heavy atom. The maximum Gasteiger partial charge on any atom is 0.220 e. The lowest BCUT2D eigenvalue weighted by atomic mass is 9.85. The molecule has 1 amide bonds. The van der Waals surface area contributed by atoms with E-state index < -0.39 is 0 Å². The van der Waals surface area contributed by atoms with Gasteiger partial charge in [-0.3, -0.25) is 4.79 Å². The van der Waals surface area contributed by atoms with Crippen LogP contribution in [0.15, 0.2) is 42.6 Å². The van der Waals surface area contributed by atoms with Gasteiger partial charge in [-0.15, -0.1) is 24.8 Å². The summed E-state index contributed by atoms with van der Waals surface area (Å²) in [6.07, 6.45) is 4.61. The van der Waals surface area contributed by atoms with Gasteiger partial charge in [-0.05, 0) is 67.6 Å². The molecule has 0 radical (unpaired) electrons. The van der Waals surface area contributed by atoms with Gasteiger partial charge < -0.3 is 15.4 Å². The minimum Gasteiger partial charge on any atom is -0.439 e. The number of piperidine rings is 1. The molecule has 3 rings (SSSR count). The zero-order valence-corrected chi connectivity index (χ0v) is 18.0. The highest BCUT2D eigenvalue weighted by Crippen LogP contribution is 2.22. The number of amides is 1. The van der Waals surface area contributed by atoms with Crippen LogP contribution in [0.3, 0.4) is 0 Å². The Balaban J connectivity index is 0.00000210. The SMILES string of the molecule is CC(CC(=O)NCc1ccc(Oc2ccc(F)cc2)nc1)C1CCCNC1.Cl.Cl. The second-order valence-electron chi connectivity index (χ2n) is 7.13. The van der Waals surface area contributed by atoms with Crippen molar-refractivity contribution in [1.29, 1.82) is 0 Å². The standard InChI is InChI=1S/C21H26FN3O2.2ClH/c1-15(17-3-2-10-23-14-17)11-20(26)24-12-16-4-9-21(25-13-16)27-19-7-5-18(22)6-8-19;;/h4-9,13,15,17,23H,2-3,10-12,14H2,1H3,(H,24,26);2*1H. The summed E-state index contributed by atoms with van der Waals surface area (Å²) in [4.78, 5) is 16.4. The molecule has 1 aliphatic rings. The van der Waals surface area contributed by atoms with E-state index in [4.69, 9.17) is 4.74 Å². The van der Waals surface area contributed by atoms with Gasteiger partial charge in [-0.1, -0.05) is 13.0 Å². The molecule has 2 unspecified atom stereocenters. The fourth-order valence-electron chi connectivity index (χ4n) is 3.30. The van der Waals surface area contributed by atoms with Gasteiger partial charge in [0.2, 0.25) is 11.8 Å². The molecule has 2 aromatic rings. The molecule has 1 aliphatic heterocycles. The number of carbonyl (C=O) groups excluding carboxylic acids is 1. The summed E-state index contributed by atoms with van der Waals surface area (Å²) in [6.45, 7) is 4.69. The summed E-state index contributed by atoms with van der Waals surface area (Å²) in [7, 11) is 0. The smallest absolute Gasteiger partial charge is 0.220 e. The van der Waals surface area contributed by atoms with Gasteiger partial charge >= 0.3 is 0 Å². The summed E-state index contributed by atoms with van der Waals surface area (Å²) in [5.74, 6) is 1.66. The van der Waals surface area contributed by atoms with Crippen LogP contribution in [0.5, 0.6) is 11.6 Å². The summed E-state index contributed by atoms with van der Waals surface area (Å²) in [6, 6.07) is 9.37. The number of halogens is 3. The maximum atomic E-state index is 12.9. The minimum atomic E-state index is -0.310. The van der Waals surface area contributed by atoms with Gasteiger partial charge in [0.25, 0.3) is 0 Å². The molecule has 0 aliphatic carbocycles. The molecule has 1 saturated heterocycles. The number of carbonyl (C=O) groups is 1. The first kappa shape index (κ1) is 25.1. The Kier molecular flexibility index (Phi) is 10.9. The van der Waals surface area contributed by atoms with Crippen molar-refractivity contribution in [2.24, 2.45) is 11.8 Å².